The summed E-state index contributed by atoms with van der Waals surface area (Å²) in [6, 6.07) is 10.1. The number of rotatable bonds is 6. The Hall–Kier alpha value is -2.08. The number of halogens is 1. The highest BCUT2D eigenvalue weighted by Gasteiger charge is 2.25. The molecular weight excluding hydrogens is 478 g/mol. The molecule has 1 N–H and O–H groups in total. The van der Waals surface area contributed by atoms with Crippen molar-refractivity contribution in [2.24, 2.45) is 0 Å². The molecule has 0 radical (unpaired) electrons. The van der Waals surface area contributed by atoms with Crippen LogP contribution in [-0.4, -0.2) is 49.9 Å². The Morgan fingerprint density at radius 1 is 1.16 bits per heavy atom. The van der Waals surface area contributed by atoms with E-state index in [0.29, 0.717) is 41.3 Å². The van der Waals surface area contributed by atoms with Crippen molar-refractivity contribution in [3.05, 3.63) is 57.8 Å². The van der Waals surface area contributed by atoms with E-state index in [2.05, 4.69) is 10.3 Å². The average molecular weight is 496 g/mol. The maximum atomic E-state index is 12.6. The summed E-state index contributed by atoms with van der Waals surface area (Å²) in [6.07, 6.45) is 3.00. The molecule has 1 saturated heterocycles. The average Bonchev–Trinajstić information content (AvgIpc) is 3.42. The number of carbonyl (C=O) groups is 1. The van der Waals surface area contributed by atoms with E-state index < -0.39 is 10.0 Å². The van der Waals surface area contributed by atoms with Crippen molar-refractivity contribution in [2.45, 2.75) is 4.90 Å². The second kappa shape index (κ2) is 9.60. The summed E-state index contributed by atoms with van der Waals surface area (Å²) in [6.45, 7) is 1.50. The van der Waals surface area contributed by atoms with Crippen LogP contribution in [0.3, 0.4) is 0 Å². The fourth-order valence-corrected chi connectivity index (χ4v) is 6.10. The number of sulfonamides is 1. The molecule has 4 rings (SSSR count). The Balaban J connectivity index is 1.37. The van der Waals surface area contributed by atoms with Gasteiger partial charge in [0.05, 0.1) is 33.0 Å². The highest BCUT2D eigenvalue weighted by molar-refractivity contribution is 7.89. The second-order valence-corrected chi connectivity index (χ2v) is 11.1. The quantitative estimate of drug-likeness (QED) is 0.518. The number of nitrogens with zero attached hydrogens (tertiary/aromatic N) is 2. The van der Waals surface area contributed by atoms with E-state index in [1.807, 2.05) is 11.4 Å². The maximum absolute atomic E-state index is 12.6. The molecule has 1 aliphatic heterocycles. The molecule has 0 bridgehead atoms. The minimum Gasteiger partial charge on any atom is -0.379 e. The van der Waals surface area contributed by atoms with Gasteiger partial charge >= 0.3 is 0 Å². The van der Waals surface area contributed by atoms with E-state index in [1.165, 1.54) is 33.1 Å². The number of hydrogen-bond acceptors (Lipinski definition) is 7. The van der Waals surface area contributed by atoms with Crippen LogP contribution < -0.4 is 5.32 Å². The molecule has 0 saturated carbocycles. The van der Waals surface area contributed by atoms with Gasteiger partial charge in [-0.05, 0) is 35.9 Å². The fraction of sp³-hybridized carbons (Fsp3) is 0.200. The molecule has 0 spiro atoms. The minimum absolute atomic E-state index is 0.222. The van der Waals surface area contributed by atoms with Gasteiger partial charge in [-0.1, -0.05) is 23.7 Å². The number of anilines is 1. The van der Waals surface area contributed by atoms with Crippen molar-refractivity contribution in [3.8, 4) is 10.6 Å². The first-order valence-corrected chi connectivity index (χ1v) is 12.8. The molecule has 162 valence electrons. The van der Waals surface area contributed by atoms with Crippen LogP contribution in [0.5, 0.6) is 0 Å². The number of aromatic nitrogens is 1. The molecule has 7 nitrogen and oxygen atoms in total. The Morgan fingerprint density at radius 2 is 1.90 bits per heavy atom. The van der Waals surface area contributed by atoms with Crippen molar-refractivity contribution in [2.75, 3.05) is 31.6 Å². The number of benzene rings is 1. The second-order valence-electron chi connectivity index (χ2n) is 6.55. The van der Waals surface area contributed by atoms with E-state index in [9.17, 15) is 13.2 Å². The molecule has 1 fully saturated rings. The molecule has 31 heavy (non-hydrogen) atoms. The minimum atomic E-state index is -3.53. The molecule has 1 aliphatic rings. The zero-order valence-electron chi connectivity index (χ0n) is 16.2. The lowest BCUT2D eigenvalue weighted by Gasteiger charge is -2.26. The highest BCUT2D eigenvalue weighted by atomic mass is 35.5. The highest BCUT2D eigenvalue weighted by Crippen LogP contribution is 2.32. The van der Waals surface area contributed by atoms with E-state index in [0.717, 1.165) is 10.6 Å². The first-order valence-electron chi connectivity index (χ1n) is 9.30. The summed E-state index contributed by atoms with van der Waals surface area (Å²) in [5.41, 5.74) is 1.47. The standard InChI is InChI=1S/C20H18ClN3O4S3/c21-18-7-6-17(30-18)16-13-29-20(22-16)23-19(25)8-3-14-1-4-15(5-2-14)31(26,27)24-9-11-28-12-10-24/h1-8,13H,9-12H2,(H,22,23,25). The zero-order valence-corrected chi connectivity index (χ0v) is 19.4. The summed E-state index contributed by atoms with van der Waals surface area (Å²) in [4.78, 5) is 17.8. The van der Waals surface area contributed by atoms with Gasteiger partial charge in [0.1, 0.15) is 0 Å². The van der Waals surface area contributed by atoms with E-state index in [1.54, 1.807) is 36.4 Å². The molecular formula is C20H18ClN3O4S3. The van der Waals surface area contributed by atoms with Gasteiger partial charge in [0.15, 0.2) is 5.13 Å². The number of morpholine rings is 1. The number of nitrogens with one attached hydrogen (secondary N) is 1. The zero-order chi connectivity index (χ0) is 21.8. The molecule has 3 heterocycles. The smallest absolute Gasteiger partial charge is 0.250 e. The molecule has 1 aromatic carbocycles. The Kier molecular flexibility index (Phi) is 6.85. The molecule has 0 aliphatic carbocycles. The van der Waals surface area contributed by atoms with Crippen LogP contribution in [0.1, 0.15) is 5.56 Å². The van der Waals surface area contributed by atoms with Crippen molar-refractivity contribution in [3.63, 3.8) is 0 Å². The Morgan fingerprint density at radius 3 is 2.58 bits per heavy atom. The van der Waals surface area contributed by atoms with Crippen LogP contribution in [0.4, 0.5) is 5.13 Å². The number of thiazole rings is 1. The van der Waals surface area contributed by atoms with Crippen LogP contribution in [0.15, 0.2) is 52.7 Å². The number of hydrogen-bond donors (Lipinski definition) is 1. The summed E-state index contributed by atoms with van der Waals surface area (Å²) in [5.74, 6) is -0.324. The molecule has 1 amide bonds. The topological polar surface area (TPSA) is 88.6 Å². The van der Waals surface area contributed by atoms with Crippen LogP contribution in [0, 0.1) is 0 Å². The predicted molar refractivity (Wildman–Crippen MR) is 124 cm³/mol. The largest absolute Gasteiger partial charge is 0.379 e. The third-order valence-electron chi connectivity index (χ3n) is 4.48. The monoisotopic (exact) mass is 495 g/mol. The number of carbonyl (C=O) groups excluding carboxylic acids is 1. The van der Waals surface area contributed by atoms with Gasteiger partial charge in [-0.2, -0.15) is 4.31 Å². The van der Waals surface area contributed by atoms with Gasteiger partial charge in [-0.25, -0.2) is 13.4 Å². The summed E-state index contributed by atoms with van der Waals surface area (Å²) >= 11 is 8.70. The lowest BCUT2D eigenvalue weighted by molar-refractivity contribution is -0.111. The lowest BCUT2D eigenvalue weighted by Crippen LogP contribution is -2.40. The molecule has 2 aromatic heterocycles. The van der Waals surface area contributed by atoms with Gasteiger partial charge in [0.2, 0.25) is 15.9 Å². The number of ether oxygens (including phenoxy) is 1. The third-order valence-corrected chi connectivity index (χ3v) is 8.40. The van der Waals surface area contributed by atoms with Crippen LogP contribution in [-0.2, 0) is 19.6 Å². The van der Waals surface area contributed by atoms with Crippen LogP contribution in [0.25, 0.3) is 16.6 Å². The lowest BCUT2D eigenvalue weighted by atomic mass is 10.2. The summed E-state index contributed by atoms with van der Waals surface area (Å²) in [7, 11) is -3.53. The SMILES string of the molecule is O=C(C=Cc1ccc(S(=O)(=O)N2CCOCC2)cc1)Nc1nc(-c2ccc(Cl)s2)cs1. The first kappa shape index (κ1) is 22.1. The molecule has 0 atom stereocenters. The van der Waals surface area contributed by atoms with Crippen molar-refractivity contribution >= 4 is 61.4 Å². The third kappa shape index (κ3) is 5.40. The van der Waals surface area contributed by atoms with Gasteiger partial charge in [0, 0.05) is 24.5 Å². The Labute approximate surface area is 193 Å². The van der Waals surface area contributed by atoms with Crippen molar-refractivity contribution in [1.82, 2.24) is 9.29 Å². The van der Waals surface area contributed by atoms with E-state index in [4.69, 9.17) is 16.3 Å². The molecule has 3 aromatic rings. The van der Waals surface area contributed by atoms with Crippen molar-refractivity contribution in [1.29, 1.82) is 0 Å². The van der Waals surface area contributed by atoms with Crippen LogP contribution in [0.2, 0.25) is 4.34 Å². The number of amides is 1. The summed E-state index contributed by atoms with van der Waals surface area (Å²) in [5, 5.41) is 5.07. The van der Waals surface area contributed by atoms with Gasteiger partial charge in [-0.15, -0.1) is 22.7 Å². The first-order chi connectivity index (χ1) is 14.9. The van der Waals surface area contributed by atoms with Gasteiger partial charge in [-0.3, -0.25) is 10.1 Å². The van der Waals surface area contributed by atoms with Gasteiger partial charge < -0.3 is 4.74 Å². The normalized spacial score (nSPS) is 15.4. The number of thiophene rings is 1. The van der Waals surface area contributed by atoms with Crippen LogP contribution >= 0.6 is 34.3 Å². The van der Waals surface area contributed by atoms with E-state index in [-0.39, 0.29) is 10.8 Å². The fourth-order valence-electron chi connectivity index (χ4n) is 2.90. The van der Waals surface area contributed by atoms with Crippen molar-refractivity contribution < 1.29 is 17.9 Å². The maximum Gasteiger partial charge on any atom is 0.250 e. The van der Waals surface area contributed by atoms with Gasteiger partial charge in [0.25, 0.3) is 0 Å². The summed E-state index contributed by atoms with van der Waals surface area (Å²) < 4.78 is 32.6. The predicted octanol–water partition coefficient (Wildman–Crippen LogP) is 4.20. The van der Waals surface area contributed by atoms with E-state index >= 15 is 0 Å². The molecule has 0 unspecified atom stereocenters. The Bertz CT molecular complexity index is 1200. The molecule has 11 heteroatoms.